The predicted molar refractivity (Wildman–Crippen MR) is 34.6 cm³/mol. The van der Waals surface area contributed by atoms with E-state index in [1.54, 1.807) is 6.08 Å². The third-order valence-electron chi connectivity index (χ3n) is 1.01. The zero-order valence-electron chi connectivity index (χ0n) is 5.22. The highest BCUT2D eigenvalue weighted by atomic mass is 16.3. The van der Waals surface area contributed by atoms with Gasteiger partial charge in [-0.25, -0.2) is 0 Å². The Balaban J connectivity index is 3.23. The van der Waals surface area contributed by atoms with Gasteiger partial charge in [-0.15, -0.1) is 5.73 Å². The molecular weight excluding hydrogens is 100 g/mol. The molecule has 1 N–H and O–H groups in total. The molecule has 0 bridgehead atoms. The van der Waals surface area contributed by atoms with Crippen molar-refractivity contribution in [1.29, 1.82) is 0 Å². The minimum atomic E-state index is -0.204. The summed E-state index contributed by atoms with van der Waals surface area (Å²) in [6.07, 6.45) is 3.02. The van der Waals surface area contributed by atoms with Crippen LogP contribution in [0.15, 0.2) is 18.4 Å². The molecule has 0 amide bonds. The maximum Gasteiger partial charge on any atom is 0.0578 e. The smallest absolute Gasteiger partial charge is 0.0578 e. The molecular formula is C7H12O. The van der Waals surface area contributed by atoms with Crippen LogP contribution in [0.2, 0.25) is 0 Å². The SMILES string of the molecule is C=C=CCC(O)CC. The Labute approximate surface area is 50.3 Å². The average molecular weight is 112 g/mol. The van der Waals surface area contributed by atoms with Gasteiger partial charge in [0.25, 0.3) is 0 Å². The Morgan fingerprint density at radius 1 is 1.88 bits per heavy atom. The summed E-state index contributed by atoms with van der Waals surface area (Å²) in [4.78, 5) is 0. The summed E-state index contributed by atoms with van der Waals surface area (Å²) < 4.78 is 0. The number of hydrogen-bond donors (Lipinski definition) is 1. The predicted octanol–water partition coefficient (Wildman–Crippen LogP) is 1.49. The summed E-state index contributed by atoms with van der Waals surface area (Å²) in [5.41, 5.74) is 2.60. The first kappa shape index (κ1) is 7.48. The van der Waals surface area contributed by atoms with Crippen molar-refractivity contribution in [3.05, 3.63) is 18.4 Å². The van der Waals surface area contributed by atoms with Crippen molar-refractivity contribution in [2.75, 3.05) is 0 Å². The number of rotatable bonds is 3. The van der Waals surface area contributed by atoms with Crippen LogP contribution >= 0.6 is 0 Å². The standard InChI is InChI=1S/C7H12O/c1-3-5-6-7(8)4-2/h5,7-8H,1,4,6H2,2H3. The van der Waals surface area contributed by atoms with Crippen molar-refractivity contribution in [2.24, 2.45) is 0 Å². The third kappa shape index (κ3) is 3.66. The van der Waals surface area contributed by atoms with Gasteiger partial charge in [0, 0.05) is 0 Å². The summed E-state index contributed by atoms with van der Waals surface area (Å²) >= 11 is 0. The van der Waals surface area contributed by atoms with Crippen LogP contribution in [0.25, 0.3) is 0 Å². The molecule has 0 saturated carbocycles. The molecule has 0 rings (SSSR count). The lowest BCUT2D eigenvalue weighted by Gasteiger charge is -1.99. The Bertz CT molecular complexity index is 90.6. The van der Waals surface area contributed by atoms with Gasteiger partial charge in [0.05, 0.1) is 6.10 Å². The van der Waals surface area contributed by atoms with E-state index in [1.807, 2.05) is 6.92 Å². The molecule has 8 heavy (non-hydrogen) atoms. The second-order valence-corrected chi connectivity index (χ2v) is 1.71. The van der Waals surface area contributed by atoms with Gasteiger partial charge in [-0.05, 0) is 18.9 Å². The molecule has 0 aliphatic rings. The van der Waals surface area contributed by atoms with Crippen LogP contribution in [0.5, 0.6) is 0 Å². The van der Waals surface area contributed by atoms with Crippen LogP contribution in [-0.4, -0.2) is 11.2 Å². The molecule has 0 aromatic rings. The van der Waals surface area contributed by atoms with Crippen LogP contribution in [0.3, 0.4) is 0 Å². The molecule has 46 valence electrons. The summed E-state index contributed by atoms with van der Waals surface area (Å²) in [7, 11) is 0. The van der Waals surface area contributed by atoms with Crippen LogP contribution < -0.4 is 0 Å². The van der Waals surface area contributed by atoms with Crippen molar-refractivity contribution < 1.29 is 5.11 Å². The lowest BCUT2D eigenvalue weighted by atomic mass is 10.2. The number of aliphatic hydroxyl groups excluding tert-OH is 1. The molecule has 0 radical (unpaired) electrons. The largest absolute Gasteiger partial charge is 0.393 e. The Kier molecular flexibility index (Phi) is 4.33. The summed E-state index contributed by atoms with van der Waals surface area (Å²) in [6.45, 7) is 5.32. The molecule has 0 aromatic carbocycles. The van der Waals surface area contributed by atoms with E-state index >= 15 is 0 Å². The van der Waals surface area contributed by atoms with Gasteiger partial charge in [0.15, 0.2) is 0 Å². The molecule has 0 aliphatic carbocycles. The van der Waals surface area contributed by atoms with Crippen molar-refractivity contribution in [3.8, 4) is 0 Å². The van der Waals surface area contributed by atoms with Crippen molar-refractivity contribution in [1.82, 2.24) is 0 Å². The van der Waals surface area contributed by atoms with Crippen molar-refractivity contribution >= 4 is 0 Å². The first-order chi connectivity index (χ1) is 3.81. The topological polar surface area (TPSA) is 20.2 Å². The van der Waals surface area contributed by atoms with Crippen LogP contribution in [0.4, 0.5) is 0 Å². The van der Waals surface area contributed by atoms with Crippen LogP contribution in [0, 0.1) is 0 Å². The fourth-order valence-corrected chi connectivity index (χ4v) is 0.386. The highest BCUT2D eigenvalue weighted by Gasteiger charge is 1.93. The first-order valence-electron chi connectivity index (χ1n) is 2.83. The quantitative estimate of drug-likeness (QED) is 0.548. The summed E-state index contributed by atoms with van der Waals surface area (Å²) in [5, 5.41) is 8.89. The van der Waals surface area contributed by atoms with Gasteiger partial charge in [0.1, 0.15) is 0 Å². The second-order valence-electron chi connectivity index (χ2n) is 1.71. The minimum absolute atomic E-state index is 0.204. The molecule has 0 fully saturated rings. The molecule has 1 nitrogen and oxygen atoms in total. The fourth-order valence-electron chi connectivity index (χ4n) is 0.386. The monoisotopic (exact) mass is 112 g/mol. The molecule has 0 heterocycles. The van der Waals surface area contributed by atoms with Crippen LogP contribution in [-0.2, 0) is 0 Å². The molecule has 0 aromatic heterocycles. The Morgan fingerprint density at radius 2 is 2.50 bits per heavy atom. The molecule has 1 unspecified atom stereocenters. The highest BCUT2D eigenvalue weighted by Crippen LogP contribution is 1.95. The molecule has 0 aliphatic heterocycles. The van der Waals surface area contributed by atoms with Gasteiger partial charge in [-0.1, -0.05) is 13.5 Å². The second kappa shape index (κ2) is 4.63. The van der Waals surface area contributed by atoms with E-state index in [-0.39, 0.29) is 6.10 Å². The lowest BCUT2D eigenvalue weighted by molar-refractivity contribution is 0.174. The van der Waals surface area contributed by atoms with E-state index in [1.165, 1.54) is 0 Å². The summed E-state index contributed by atoms with van der Waals surface area (Å²) in [6, 6.07) is 0. The van der Waals surface area contributed by atoms with E-state index < -0.39 is 0 Å². The maximum absolute atomic E-state index is 8.89. The Hall–Kier alpha value is -0.520. The van der Waals surface area contributed by atoms with Gasteiger partial charge in [-0.2, -0.15) is 0 Å². The molecule has 0 spiro atoms. The minimum Gasteiger partial charge on any atom is -0.393 e. The molecule has 0 saturated heterocycles. The zero-order valence-corrected chi connectivity index (χ0v) is 5.22. The van der Waals surface area contributed by atoms with E-state index in [9.17, 15) is 0 Å². The molecule has 1 heteroatoms. The maximum atomic E-state index is 8.89. The normalized spacial score (nSPS) is 12.2. The van der Waals surface area contributed by atoms with Crippen molar-refractivity contribution in [2.45, 2.75) is 25.9 Å². The van der Waals surface area contributed by atoms with E-state index in [4.69, 9.17) is 5.11 Å². The highest BCUT2D eigenvalue weighted by molar-refractivity contribution is 4.78. The Morgan fingerprint density at radius 3 is 2.88 bits per heavy atom. The number of aliphatic hydroxyl groups is 1. The van der Waals surface area contributed by atoms with E-state index in [0.717, 1.165) is 6.42 Å². The van der Waals surface area contributed by atoms with Crippen LogP contribution in [0.1, 0.15) is 19.8 Å². The molecule has 1 atom stereocenters. The van der Waals surface area contributed by atoms with Gasteiger partial charge in [-0.3, -0.25) is 0 Å². The zero-order chi connectivity index (χ0) is 6.41. The average Bonchev–Trinajstić information content (AvgIpc) is 1.83. The van der Waals surface area contributed by atoms with Gasteiger partial charge in [0.2, 0.25) is 0 Å². The van der Waals surface area contributed by atoms with Gasteiger partial charge < -0.3 is 5.11 Å². The first-order valence-corrected chi connectivity index (χ1v) is 2.83. The van der Waals surface area contributed by atoms with E-state index in [0.29, 0.717) is 6.42 Å². The lowest BCUT2D eigenvalue weighted by Crippen LogP contribution is -2.00. The summed E-state index contributed by atoms with van der Waals surface area (Å²) in [5.74, 6) is 0. The third-order valence-corrected chi connectivity index (χ3v) is 1.01. The van der Waals surface area contributed by atoms with Crippen molar-refractivity contribution in [3.63, 3.8) is 0 Å². The number of hydrogen-bond acceptors (Lipinski definition) is 1. The fraction of sp³-hybridized carbons (Fsp3) is 0.571. The van der Waals surface area contributed by atoms with Gasteiger partial charge >= 0.3 is 0 Å². The van der Waals surface area contributed by atoms with E-state index in [2.05, 4.69) is 12.3 Å².